The van der Waals surface area contributed by atoms with E-state index in [1.165, 1.54) is 11.3 Å². The highest BCUT2D eigenvalue weighted by molar-refractivity contribution is 7.09. The number of nitrogens with zero attached hydrogens (tertiary/aromatic N) is 2. The van der Waals surface area contributed by atoms with Crippen molar-refractivity contribution in [2.24, 2.45) is 0 Å². The molecular weight excluding hydrogens is 324 g/mol. The Bertz CT molecular complexity index is 775. The molecule has 5 nitrogen and oxygen atoms in total. The van der Waals surface area contributed by atoms with Crippen molar-refractivity contribution >= 4 is 23.1 Å². The number of hydrogen-bond donors (Lipinski definition) is 0. The molecule has 0 spiro atoms. The maximum Gasteiger partial charge on any atom is 0.316 e. The quantitative estimate of drug-likeness (QED) is 0.753. The van der Waals surface area contributed by atoms with Gasteiger partial charge in [-0.15, -0.1) is 11.3 Å². The summed E-state index contributed by atoms with van der Waals surface area (Å²) in [7, 11) is 0. The normalized spacial score (nSPS) is 12.2. The Morgan fingerprint density at radius 3 is 2.54 bits per heavy atom. The van der Waals surface area contributed by atoms with Crippen LogP contribution in [0.2, 0.25) is 0 Å². The van der Waals surface area contributed by atoms with Crippen LogP contribution < -0.4 is 0 Å². The number of Topliss-reactive ketones (excluding diaryl/α,β-unsaturated/α-hetero) is 1. The number of benzene rings is 1. The molecule has 124 valence electrons. The highest BCUT2D eigenvalue weighted by Gasteiger charge is 2.33. The predicted molar refractivity (Wildman–Crippen MR) is 90.6 cm³/mol. The molecule has 1 aromatic heterocycles. The molecule has 0 N–H and O–H groups in total. The summed E-state index contributed by atoms with van der Waals surface area (Å²) in [4.78, 5) is 28.7. The molecule has 0 aliphatic rings. The second kappa shape index (κ2) is 7.37. The average Bonchev–Trinajstić information content (AvgIpc) is 3.00. The summed E-state index contributed by atoms with van der Waals surface area (Å²) in [6.07, 6.45) is 0. The minimum Gasteiger partial charge on any atom is -0.457 e. The monoisotopic (exact) mass is 342 g/mol. The number of esters is 1. The molecule has 0 saturated heterocycles. The Morgan fingerprint density at radius 2 is 2.00 bits per heavy atom. The summed E-state index contributed by atoms with van der Waals surface area (Å²) in [6, 6.07) is 11.1. The first-order valence-electron chi connectivity index (χ1n) is 7.43. The van der Waals surface area contributed by atoms with E-state index < -0.39 is 29.7 Å². The molecule has 0 amide bonds. The fraction of sp³-hybridized carbons (Fsp3) is 0.333. The van der Waals surface area contributed by atoms with Crippen molar-refractivity contribution in [3.05, 3.63) is 52.0 Å². The molecule has 2 aromatic rings. The largest absolute Gasteiger partial charge is 0.457 e. The van der Waals surface area contributed by atoms with Crippen molar-refractivity contribution in [3.8, 4) is 6.07 Å². The summed E-state index contributed by atoms with van der Waals surface area (Å²) in [6.45, 7) is 4.83. The van der Waals surface area contributed by atoms with Gasteiger partial charge < -0.3 is 4.74 Å². The molecule has 24 heavy (non-hydrogen) atoms. The molecular formula is C18H18N2O3S. The second-order valence-corrected chi connectivity index (χ2v) is 6.81. The number of rotatable bonds is 6. The Balaban J connectivity index is 2.03. The fourth-order valence-electron chi connectivity index (χ4n) is 2.14. The summed E-state index contributed by atoms with van der Waals surface area (Å²) in [5.74, 6) is -1.98. The van der Waals surface area contributed by atoms with Crippen LogP contribution in [0.15, 0.2) is 35.7 Å². The zero-order valence-electron chi connectivity index (χ0n) is 13.8. The van der Waals surface area contributed by atoms with Crippen LogP contribution in [0.25, 0.3) is 0 Å². The number of aryl methyl sites for hydroxylation is 1. The number of nitriles is 1. The summed E-state index contributed by atoms with van der Waals surface area (Å²) < 4.78 is 5.17. The minimum absolute atomic E-state index is 0.429. The van der Waals surface area contributed by atoms with Gasteiger partial charge >= 0.3 is 5.97 Å². The first kappa shape index (κ1) is 17.8. The molecule has 0 saturated carbocycles. The topological polar surface area (TPSA) is 80.0 Å². The number of thiazole rings is 1. The Labute approximate surface area is 144 Å². The van der Waals surface area contributed by atoms with Gasteiger partial charge in [0.1, 0.15) is 5.01 Å². The van der Waals surface area contributed by atoms with E-state index >= 15 is 0 Å². The lowest BCUT2D eigenvalue weighted by Crippen LogP contribution is -2.33. The molecule has 0 unspecified atom stereocenters. The number of carbonyl (C=O) groups excluding carboxylic acids is 2. The van der Waals surface area contributed by atoms with E-state index in [9.17, 15) is 14.9 Å². The average molecular weight is 342 g/mol. The van der Waals surface area contributed by atoms with Gasteiger partial charge in [-0.1, -0.05) is 30.3 Å². The molecule has 0 radical (unpaired) electrons. The van der Waals surface area contributed by atoms with Crippen LogP contribution in [0.1, 0.15) is 36.0 Å². The molecule has 1 heterocycles. The number of ketones is 1. The molecule has 0 aliphatic carbocycles. The van der Waals surface area contributed by atoms with Gasteiger partial charge in [-0.3, -0.25) is 9.59 Å². The van der Waals surface area contributed by atoms with Gasteiger partial charge in [0, 0.05) is 11.1 Å². The Morgan fingerprint density at radius 1 is 1.33 bits per heavy atom. The molecule has 0 fully saturated rings. The zero-order chi connectivity index (χ0) is 17.7. The van der Waals surface area contributed by atoms with Gasteiger partial charge in [-0.25, -0.2) is 4.98 Å². The Hall–Kier alpha value is -2.52. The van der Waals surface area contributed by atoms with Crippen molar-refractivity contribution < 1.29 is 14.3 Å². The van der Waals surface area contributed by atoms with E-state index in [1.807, 2.05) is 36.4 Å². The van der Waals surface area contributed by atoms with Crippen molar-refractivity contribution in [2.75, 3.05) is 6.61 Å². The molecule has 0 aliphatic heterocycles. The second-order valence-electron chi connectivity index (χ2n) is 5.92. The molecule has 1 aromatic carbocycles. The van der Waals surface area contributed by atoms with Crippen LogP contribution in [0.5, 0.6) is 0 Å². The fourth-order valence-corrected chi connectivity index (χ4v) is 3.00. The van der Waals surface area contributed by atoms with E-state index in [4.69, 9.17) is 4.74 Å². The van der Waals surface area contributed by atoms with Gasteiger partial charge in [0.15, 0.2) is 18.3 Å². The van der Waals surface area contributed by atoms with Gasteiger partial charge in [0.25, 0.3) is 0 Å². The molecule has 6 heteroatoms. The van der Waals surface area contributed by atoms with E-state index in [0.717, 1.165) is 11.3 Å². The lowest BCUT2D eigenvalue weighted by molar-refractivity contribution is -0.152. The summed E-state index contributed by atoms with van der Waals surface area (Å²) in [5.41, 5.74) is 0.682. The van der Waals surface area contributed by atoms with Crippen LogP contribution in [0, 0.1) is 18.3 Å². The van der Waals surface area contributed by atoms with Gasteiger partial charge in [0.2, 0.25) is 0 Å². The lowest BCUT2D eigenvalue weighted by Gasteiger charge is -2.23. The third kappa shape index (κ3) is 3.87. The van der Waals surface area contributed by atoms with Crippen LogP contribution in [0.4, 0.5) is 0 Å². The summed E-state index contributed by atoms with van der Waals surface area (Å²) in [5, 5.41) is 11.4. The summed E-state index contributed by atoms with van der Waals surface area (Å²) >= 11 is 1.25. The third-order valence-electron chi connectivity index (χ3n) is 3.69. The maximum absolute atomic E-state index is 12.4. The number of ether oxygens (including phenoxy) is 1. The van der Waals surface area contributed by atoms with Gasteiger partial charge in [0.05, 0.1) is 11.5 Å². The first-order valence-corrected chi connectivity index (χ1v) is 8.31. The maximum atomic E-state index is 12.4. The highest BCUT2D eigenvalue weighted by Crippen LogP contribution is 2.25. The number of aromatic nitrogens is 1. The first-order chi connectivity index (χ1) is 11.4. The Kier molecular flexibility index (Phi) is 5.47. The lowest BCUT2D eigenvalue weighted by atomic mass is 9.85. The van der Waals surface area contributed by atoms with E-state index in [0.29, 0.717) is 5.01 Å². The van der Waals surface area contributed by atoms with Crippen LogP contribution in [-0.2, 0) is 19.7 Å². The minimum atomic E-state index is -1.00. The SMILES string of the molecule is Cc1csc([C@H](C#N)C(=O)COC(=O)C(C)(C)c2ccccc2)n1. The van der Waals surface area contributed by atoms with Crippen molar-refractivity contribution in [1.29, 1.82) is 5.26 Å². The standard InChI is InChI=1S/C18H18N2O3S/c1-12-11-24-16(20-12)14(9-19)15(21)10-23-17(22)18(2,3)13-7-5-4-6-8-13/h4-8,11,14H,10H2,1-3H3/t14-/m1/s1. The molecule has 0 bridgehead atoms. The number of hydrogen-bond acceptors (Lipinski definition) is 6. The third-order valence-corrected chi connectivity index (χ3v) is 4.71. The predicted octanol–water partition coefficient (Wildman–Crippen LogP) is 3.15. The zero-order valence-corrected chi connectivity index (χ0v) is 14.6. The highest BCUT2D eigenvalue weighted by atomic mass is 32.1. The number of carbonyl (C=O) groups is 2. The molecule has 1 atom stereocenters. The van der Waals surface area contributed by atoms with Crippen molar-refractivity contribution in [3.63, 3.8) is 0 Å². The van der Waals surface area contributed by atoms with E-state index in [2.05, 4.69) is 4.98 Å². The smallest absolute Gasteiger partial charge is 0.316 e. The van der Waals surface area contributed by atoms with E-state index in [1.54, 1.807) is 26.2 Å². The van der Waals surface area contributed by atoms with Crippen molar-refractivity contribution in [2.45, 2.75) is 32.1 Å². The van der Waals surface area contributed by atoms with Crippen LogP contribution in [0.3, 0.4) is 0 Å². The van der Waals surface area contributed by atoms with Gasteiger partial charge in [-0.2, -0.15) is 5.26 Å². The molecule has 2 rings (SSSR count). The van der Waals surface area contributed by atoms with Crippen molar-refractivity contribution in [1.82, 2.24) is 4.98 Å². The van der Waals surface area contributed by atoms with E-state index in [-0.39, 0.29) is 0 Å². The van der Waals surface area contributed by atoms with Crippen LogP contribution in [-0.4, -0.2) is 23.3 Å². The van der Waals surface area contributed by atoms with Crippen LogP contribution >= 0.6 is 11.3 Å². The van der Waals surface area contributed by atoms with Gasteiger partial charge in [-0.05, 0) is 26.3 Å².